The van der Waals surface area contributed by atoms with Crippen molar-refractivity contribution in [2.24, 2.45) is 0 Å². The van der Waals surface area contributed by atoms with Crippen LogP contribution in [0.25, 0.3) is 11.3 Å². The fraction of sp³-hybridized carbons (Fsp3) is 0.261. The molecule has 0 atom stereocenters. The molecule has 1 saturated heterocycles. The summed E-state index contributed by atoms with van der Waals surface area (Å²) in [4.78, 5) is 23.7. The molecule has 1 amide bonds. The predicted molar refractivity (Wildman–Crippen MR) is 113 cm³/mol. The van der Waals surface area contributed by atoms with E-state index in [0.717, 1.165) is 12.1 Å². The van der Waals surface area contributed by atoms with Crippen molar-refractivity contribution in [2.75, 3.05) is 37.7 Å². The van der Waals surface area contributed by atoms with Crippen LogP contribution in [-0.2, 0) is 11.0 Å². The van der Waals surface area contributed by atoms with Crippen LogP contribution in [0.5, 0.6) is 5.75 Å². The second-order valence-corrected chi connectivity index (χ2v) is 7.88. The van der Waals surface area contributed by atoms with E-state index in [1.54, 1.807) is 4.90 Å². The topological polar surface area (TPSA) is 58.6 Å². The van der Waals surface area contributed by atoms with Gasteiger partial charge in [0.25, 0.3) is 5.91 Å². The van der Waals surface area contributed by atoms with Crippen molar-refractivity contribution in [1.29, 1.82) is 0 Å². The number of hydrogen-bond donors (Lipinski definition) is 0. The van der Waals surface area contributed by atoms with Crippen molar-refractivity contribution >= 4 is 11.9 Å². The van der Waals surface area contributed by atoms with Crippen molar-refractivity contribution < 1.29 is 44.7 Å². The number of nitrogens with zero attached hydrogens (tertiary/aromatic N) is 4. The highest BCUT2D eigenvalue weighted by molar-refractivity contribution is 5.78. The molecule has 14 heteroatoms. The van der Waals surface area contributed by atoms with Crippen LogP contribution in [0.2, 0.25) is 0 Å². The number of benzene rings is 2. The van der Waals surface area contributed by atoms with Crippen LogP contribution in [-0.4, -0.2) is 53.6 Å². The van der Waals surface area contributed by atoms with Gasteiger partial charge in [-0.2, -0.15) is 22.0 Å². The largest absolute Gasteiger partial charge is 0.477 e. The monoisotopic (exact) mass is 532 g/mol. The zero-order valence-corrected chi connectivity index (χ0v) is 18.6. The van der Waals surface area contributed by atoms with Gasteiger partial charge in [0.15, 0.2) is 12.4 Å². The molecule has 1 aromatic heterocycles. The minimum atomic E-state index is -4.52. The van der Waals surface area contributed by atoms with Gasteiger partial charge in [0.05, 0.1) is 11.3 Å². The Kier molecular flexibility index (Phi) is 7.18. The molecule has 196 valence electrons. The Balaban J connectivity index is 1.39. The summed E-state index contributed by atoms with van der Waals surface area (Å²) in [5.74, 6) is -13.2. The molecule has 0 unspecified atom stereocenters. The molecule has 1 fully saturated rings. The number of hydrogen-bond acceptors (Lipinski definition) is 5. The lowest BCUT2D eigenvalue weighted by molar-refractivity contribution is -0.137. The van der Waals surface area contributed by atoms with Gasteiger partial charge in [-0.3, -0.25) is 4.79 Å². The third kappa shape index (κ3) is 5.42. The van der Waals surface area contributed by atoms with Gasteiger partial charge >= 0.3 is 6.18 Å². The Morgan fingerprint density at radius 2 is 1.51 bits per heavy atom. The third-order valence-corrected chi connectivity index (χ3v) is 5.55. The van der Waals surface area contributed by atoms with E-state index in [-0.39, 0.29) is 43.4 Å². The van der Waals surface area contributed by atoms with Gasteiger partial charge < -0.3 is 14.5 Å². The summed E-state index contributed by atoms with van der Waals surface area (Å²) in [6.45, 7) is -0.423. The first-order valence-corrected chi connectivity index (χ1v) is 10.6. The molecular weight excluding hydrogens is 516 g/mol. The maximum absolute atomic E-state index is 13.7. The Morgan fingerprint density at radius 3 is 2.14 bits per heavy atom. The van der Waals surface area contributed by atoms with Crippen molar-refractivity contribution in [3.05, 3.63) is 71.2 Å². The Hall–Kier alpha value is -3.97. The zero-order valence-electron chi connectivity index (χ0n) is 18.6. The molecular formula is C23H16F8N4O2. The van der Waals surface area contributed by atoms with Crippen LogP contribution in [0.4, 0.5) is 41.1 Å². The second-order valence-electron chi connectivity index (χ2n) is 7.88. The lowest BCUT2D eigenvalue weighted by atomic mass is 10.1. The smallest absolute Gasteiger partial charge is 0.416 e. The lowest BCUT2D eigenvalue weighted by Gasteiger charge is -2.34. The fourth-order valence-corrected chi connectivity index (χ4v) is 3.61. The van der Waals surface area contributed by atoms with E-state index < -0.39 is 59.1 Å². The third-order valence-electron chi connectivity index (χ3n) is 5.55. The van der Waals surface area contributed by atoms with Crippen LogP contribution in [0.3, 0.4) is 0 Å². The van der Waals surface area contributed by atoms with Crippen molar-refractivity contribution in [1.82, 2.24) is 14.9 Å². The summed E-state index contributed by atoms with van der Waals surface area (Å²) >= 11 is 0. The summed E-state index contributed by atoms with van der Waals surface area (Å²) in [6, 6.07) is 6.10. The van der Waals surface area contributed by atoms with Crippen LogP contribution >= 0.6 is 0 Å². The van der Waals surface area contributed by atoms with Crippen molar-refractivity contribution in [2.45, 2.75) is 6.18 Å². The van der Waals surface area contributed by atoms with Crippen LogP contribution < -0.4 is 9.64 Å². The average molecular weight is 532 g/mol. The lowest BCUT2D eigenvalue weighted by Crippen LogP contribution is -2.50. The molecule has 0 bridgehead atoms. The predicted octanol–water partition coefficient (Wildman–Crippen LogP) is 4.59. The standard InChI is InChI=1S/C23H16F8N4O2/c24-16-17(25)19(27)21(20(28)18(16)26)37-11-15(36)34-6-8-35(9-7-34)22-32-5-4-14(33-22)12-2-1-3-13(10-12)23(29,30)31/h1-5,10H,6-9,11H2. The highest BCUT2D eigenvalue weighted by Gasteiger charge is 2.31. The van der Waals surface area contributed by atoms with E-state index in [2.05, 4.69) is 14.7 Å². The van der Waals surface area contributed by atoms with Gasteiger partial charge in [-0.15, -0.1) is 0 Å². The molecule has 0 saturated carbocycles. The summed E-state index contributed by atoms with van der Waals surface area (Å²) in [6.07, 6.45) is -3.14. The fourth-order valence-electron chi connectivity index (χ4n) is 3.61. The number of aromatic nitrogens is 2. The summed E-state index contributed by atoms with van der Waals surface area (Å²) in [7, 11) is 0. The number of carbonyl (C=O) groups excluding carboxylic acids is 1. The number of piperazine rings is 1. The average Bonchev–Trinajstić information content (AvgIpc) is 2.90. The molecule has 0 spiro atoms. The van der Waals surface area contributed by atoms with Crippen LogP contribution in [0.1, 0.15) is 5.56 Å². The maximum atomic E-state index is 13.7. The van der Waals surface area contributed by atoms with Crippen molar-refractivity contribution in [3.8, 4) is 17.0 Å². The molecule has 2 aromatic carbocycles. The van der Waals surface area contributed by atoms with Gasteiger partial charge in [0.2, 0.25) is 35.0 Å². The number of halogens is 8. The molecule has 0 aliphatic carbocycles. The maximum Gasteiger partial charge on any atom is 0.416 e. The van der Waals surface area contributed by atoms with E-state index in [1.807, 2.05) is 0 Å². The SMILES string of the molecule is O=C(COc1c(F)c(F)c(F)c(F)c1F)N1CCN(c2nccc(-c3cccc(C(F)(F)F)c3)n2)CC1. The summed E-state index contributed by atoms with van der Waals surface area (Å²) < 4.78 is 111. The quantitative estimate of drug-likeness (QED) is 0.274. The number of carbonyl (C=O) groups is 1. The van der Waals surface area contributed by atoms with Crippen LogP contribution in [0.15, 0.2) is 36.5 Å². The highest BCUT2D eigenvalue weighted by Crippen LogP contribution is 2.32. The molecule has 37 heavy (non-hydrogen) atoms. The van der Waals surface area contributed by atoms with Gasteiger partial charge in [0.1, 0.15) is 0 Å². The van der Waals surface area contributed by atoms with E-state index in [4.69, 9.17) is 0 Å². The Labute approximate surface area is 204 Å². The first kappa shape index (κ1) is 26.1. The van der Waals surface area contributed by atoms with Gasteiger partial charge in [-0.25, -0.2) is 23.1 Å². The molecule has 2 heterocycles. The zero-order chi connectivity index (χ0) is 26.9. The second kappa shape index (κ2) is 10.2. The molecule has 4 rings (SSSR count). The molecule has 0 radical (unpaired) electrons. The summed E-state index contributed by atoms with van der Waals surface area (Å²) in [5, 5.41) is 0. The van der Waals surface area contributed by atoms with Crippen LogP contribution in [0, 0.1) is 29.1 Å². The number of anilines is 1. The molecule has 1 aliphatic heterocycles. The van der Waals surface area contributed by atoms with Gasteiger partial charge in [-0.1, -0.05) is 12.1 Å². The Morgan fingerprint density at radius 1 is 0.892 bits per heavy atom. The normalized spacial score (nSPS) is 14.2. The molecule has 3 aromatic rings. The van der Waals surface area contributed by atoms with E-state index in [0.29, 0.717) is 0 Å². The minimum absolute atomic E-state index is 0.0798. The Bertz CT molecular complexity index is 1300. The molecule has 0 N–H and O–H groups in total. The first-order valence-electron chi connectivity index (χ1n) is 10.6. The number of alkyl halides is 3. The van der Waals surface area contributed by atoms with Gasteiger partial charge in [0, 0.05) is 37.9 Å². The number of rotatable bonds is 5. The summed E-state index contributed by atoms with van der Waals surface area (Å²) in [5.41, 5.74) is -0.339. The molecule has 1 aliphatic rings. The van der Waals surface area contributed by atoms with E-state index in [1.165, 1.54) is 29.3 Å². The van der Waals surface area contributed by atoms with Crippen molar-refractivity contribution in [3.63, 3.8) is 0 Å². The number of ether oxygens (including phenoxy) is 1. The number of amides is 1. The highest BCUT2D eigenvalue weighted by atomic mass is 19.4. The minimum Gasteiger partial charge on any atom is -0.477 e. The van der Waals surface area contributed by atoms with E-state index in [9.17, 15) is 39.9 Å². The van der Waals surface area contributed by atoms with E-state index >= 15 is 0 Å². The first-order chi connectivity index (χ1) is 17.5. The van der Waals surface area contributed by atoms with Gasteiger partial charge in [-0.05, 0) is 18.2 Å². The molecule has 6 nitrogen and oxygen atoms in total.